The molecular weight excluding hydrogens is 308 g/mol. The monoisotopic (exact) mass is 315 g/mol. The Morgan fingerprint density at radius 2 is 1.88 bits per heavy atom. The van der Waals surface area contributed by atoms with Gasteiger partial charge < -0.3 is 0 Å². The molecule has 0 aromatic carbocycles. The van der Waals surface area contributed by atoms with Gasteiger partial charge in [0, 0.05) is 25.7 Å². The van der Waals surface area contributed by atoms with Crippen molar-refractivity contribution in [3.05, 3.63) is 36.2 Å². The van der Waals surface area contributed by atoms with Gasteiger partial charge in [0.25, 0.3) is 0 Å². The number of aromatic amines is 1. The van der Waals surface area contributed by atoms with Crippen LogP contribution in [0.15, 0.2) is 30.5 Å². The van der Waals surface area contributed by atoms with Crippen molar-refractivity contribution in [3.8, 4) is 11.4 Å². The summed E-state index contributed by atoms with van der Waals surface area (Å²) in [5.41, 5.74) is -0.282. The number of hydrogen-bond acceptors (Lipinski definition) is 2. The number of nitrogens with one attached hydrogen (secondary N) is 1. The third-order valence-corrected chi connectivity index (χ3v) is 1.81. The third kappa shape index (κ3) is 2.67. The maximum absolute atomic E-state index is 12.2. The molecule has 0 radical (unpaired) electrons. The minimum atomic E-state index is -4.40. The summed E-state index contributed by atoms with van der Waals surface area (Å²) in [6, 6.07) is 5.89. The van der Waals surface area contributed by atoms with E-state index in [2.05, 4.69) is 10.1 Å². The molecular formula is C9H6F3N3Ru. The van der Waals surface area contributed by atoms with Crippen molar-refractivity contribution in [3.63, 3.8) is 0 Å². The quantitative estimate of drug-likeness (QED) is 0.822. The predicted molar refractivity (Wildman–Crippen MR) is 46.8 cm³/mol. The van der Waals surface area contributed by atoms with Gasteiger partial charge in [-0.3, -0.25) is 10.1 Å². The Bertz CT molecular complexity index is 453. The molecule has 2 rings (SSSR count). The molecule has 0 saturated carbocycles. The number of halogens is 3. The van der Waals surface area contributed by atoms with Crippen LogP contribution >= 0.6 is 0 Å². The predicted octanol–water partition coefficient (Wildman–Crippen LogP) is 2.49. The molecule has 0 unspecified atom stereocenters. The second-order valence-corrected chi connectivity index (χ2v) is 2.88. The summed E-state index contributed by atoms with van der Waals surface area (Å²) < 4.78 is 36.7. The topological polar surface area (TPSA) is 41.6 Å². The molecule has 0 saturated heterocycles. The fourth-order valence-electron chi connectivity index (χ4n) is 1.11. The second-order valence-electron chi connectivity index (χ2n) is 2.88. The first-order chi connectivity index (χ1) is 7.07. The average molecular weight is 314 g/mol. The zero-order valence-electron chi connectivity index (χ0n) is 7.77. The molecule has 0 fully saturated rings. The Morgan fingerprint density at radius 1 is 1.12 bits per heavy atom. The average Bonchev–Trinajstić information content (AvgIpc) is 2.67. The van der Waals surface area contributed by atoms with Crippen LogP contribution in [-0.2, 0) is 25.7 Å². The van der Waals surface area contributed by atoms with Crippen LogP contribution in [0.5, 0.6) is 0 Å². The Kier molecular flexibility index (Phi) is 3.80. The molecule has 0 atom stereocenters. The van der Waals surface area contributed by atoms with E-state index >= 15 is 0 Å². The van der Waals surface area contributed by atoms with E-state index in [4.69, 9.17) is 0 Å². The van der Waals surface area contributed by atoms with Crippen molar-refractivity contribution in [1.29, 1.82) is 0 Å². The van der Waals surface area contributed by atoms with E-state index in [1.165, 1.54) is 6.20 Å². The summed E-state index contributed by atoms with van der Waals surface area (Å²) in [5, 5.41) is 5.47. The van der Waals surface area contributed by atoms with Gasteiger partial charge in [-0.1, -0.05) is 6.07 Å². The van der Waals surface area contributed by atoms with Crippen molar-refractivity contribution >= 4 is 0 Å². The fraction of sp³-hybridized carbons (Fsp3) is 0.111. The molecule has 1 N–H and O–H groups in total. The van der Waals surface area contributed by atoms with Gasteiger partial charge in [0.1, 0.15) is 11.4 Å². The van der Waals surface area contributed by atoms with Crippen molar-refractivity contribution in [2.75, 3.05) is 0 Å². The first-order valence-electron chi connectivity index (χ1n) is 4.11. The molecule has 0 bridgehead atoms. The van der Waals surface area contributed by atoms with Crippen LogP contribution in [-0.4, -0.2) is 15.2 Å². The summed E-state index contributed by atoms with van der Waals surface area (Å²) in [7, 11) is 0. The van der Waals surface area contributed by atoms with Crippen molar-refractivity contribution in [2.45, 2.75) is 6.18 Å². The molecule has 7 heteroatoms. The third-order valence-electron chi connectivity index (χ3n) is 1.81. The molecule has 0 spiro atoms. The van der Waals surface area contributed by atoms with E-state index in [9.17, 15) is 13.2 Å². The van der Waals surface area contributed by atoms with Crippen LogP contribution in [0.4, 0.5) is 13.2 Å². The summed E-state index contributed by atoms with van der Waals surface area (Å²) >= 11 is 0. The van der Waals surface area contributed by atoms with Crippen molar-refractivity contribution < 1.29 is 32.6 Å². The van der Waals surface area contributed by atoms with Crippen LogP contribution < -0.4 is 0 Å². The molecule has 0 aliphatic carbocycles. The van der Waals surface area contributed by atoms with E-state index in [-0.39, 0.29) is 25.2 Å². The van der Waals surface area contributed by atoms with Crippen LogP contribution in [0.25, 0.3) is 11.4 Å². The number of pyridine rings is 1. The van der Waals surface area contributed by atoms with E-state index in [1.54, 1.807) is 18.2 Å². The Balaban J connectivity index is 0.00000128. The van der Waals surface area contributed by atoms with Gasteiger partial charge >= 0.3 is 6.18 Å². The number of hydrogen-bond donors (Lipinski definition) is 1. The summed E-state index contributed by atoms with van der Waals surface area (Å²) in [4.78, 5) is 3.89. The Labute approximate surface area is 102 Å². The SMILES string of the molecule is FC(F)(F)c1cc(-c2ccccn2)n[nH]1.[Ru]. The van der Waals surface area contributed by atoms with E-state index in [1.807, 2.05) is 5.10 Å². The number of H-pyrrole nitrogens is 1. The van der Waals surface area contributed by atoms with Gasteiger partial charge in [-0.25, -0.2) is 0 Å². The zero-order valence-corrected chi connectivity index (χ0v) is 9.51. The minimum Gasteiger partial charge on any atom is -0.273 e. The number of aromatic nitrogens is 3. The number of rotatable bonds is 1. The van der Waals surface area contributed by atoms with Gasteiger partial charge in [-0.2, -0.15) is 18.3 Å². The second kappa shape index (κ2) is 4.74. The van der Waals surface area contributed by atoms with Gasteiger partial charge in [0.2, 0.25) is 0 Å². The van der Waals surface area contributed by atoms with Gasteiger partial charge in [0.05, 0.1) is 5.69 Å². The number of nitrogens with zero attached hydrogens (tertiary/aromatic N) is 2. The summed E-state index contributed by atoms with van der Waals surface area (Å²) in [6.45, 7) is 0. The maximum Gasteiger partial charge on any atom is 0.432 e. The maximum atomic E-state index is 12.2. The smallest absolute Gasteiger partial charge is 0.273 e. The van der Waals surface area contributed by atoms with Crippen molar-refractivity contribution in [2.24, 2.45) is 0 Å². The van der Waals surface area contributed by atoms with E-state index in [0.29, 0.717) is 5.69 Å². The minimum absolute atomic E-state index is 0. The van der Waals surface area contributed by atoms with Gasteiger partial charge in [0.15, 0.2) is 0 Å². The first kappa shape index (κ1) is 12.8. The molecule has 2 aromatic heterocycles. The van der Waals surface area contributed by atoms with Crippen LogP contribution in [0.3, 0.4) is 0 Å². The normalized spacial score (nSPS) is 10.9. The molecule has 2 aromatic rings. The van der Waals surface area contributed by atoms with E-state index < -0.39 is 11.9 Å². The standard InChI is InChI=1S/C9H6F3N3.Ru/c10-9(11,12)8-5-7(14-15-8)6-3-1-2-4-13-6;/h1-5H,(H,14,15);. The van der Waals surface area contributed by atoms with Crippen LogP contribution in [0.1, 0.15) is 5.69 Å². The van der Waals surface area contributed by atoms with Crippen LogP contribution in [0, 0.1) is 0 Å². The van der Waals surface area contributed by atoms with Crippen molar-refractivity contribution in [1.82, 2.24) is 15.2 Å². The largest absolute Gasteiger partial charge is 0.432 e. The summed E-state index contributed by atoms with van der Waals surface area (Å²) in [6.07, 6.45) is -2.91. The Hall–Kier alpha value is -1.23. The Morgan fingerprint density at radius 3 is 2.38 bits per heavy atom. The molecule has 0 amide bonds. The van der Waals surface area contributed by atoms with E-state index in [0.717, 1.165) is 6.07 Å². The first-order valence-corrected chi connectivity index (χ1v) is 4.11. The van der Waals surface area contributed by atoms with Gasteiger partial charge in [-0.05, 0) is 18.2 Å². The van der Waals surface area contributed by atoms with Gasteiger partial charge in [-0.15, -0.1) is 0 Å². The number of alkyl halides is 3. The molecule has 86 valence electrons. The molecule has 2 heterocycles. The molecule has 0 aliphatic rings. The fourth-order valence-corrected chi connectivity index (χ4v) is 1.11. The molecule has 3 nitrogen and oxygen atoms in total. The van der Waals surface area contributed by atoms with Crippen LogP contribution in [0.2, 0.25) is 0 Å². The summed E-state index contributed by atoms with van der Waals surface area (Å²) in [5.74, 6) is 0. The molecule has 16 heavy (non-hydrogen) atoms. The zero-order chi connectivity index (χ0) is 10.9. The molecule has 0 aliphatic heterocycles.